The van der Waals surface area contributed by atoms with E-state index in [4.69, 9.17) is 4.74 Å². The molecule has 3 heteroatoms. The van der Waals surface area contributed by atoms with E-state index in [0.717, 1.165) is 24.3 Å². The van der Waals surface area contributed by atoms with Gasteiger partial charge in [0.2, 0.25) is 0 Å². The Morgan fingerprint density at radius 2 is 1.90 bits per heavy atom. The molecule has 0 aromatic heterocycles. The Balaban J connectivity index is 1.82. The molecule has 2 nitrogen and oxygen atoms in total. The van der Waals surface area contributed by atoms with E-state index in [9.17, 15) is 4.79 Å². The Morgan fingerprint density at radius 3 is 2.50 bits per heavy atom. The van der Waals surface area contributed by atoms with Crippen molar-refractivity contribution in [3.05, 3.63) is 29.8 Å². The number of thioether (sulfide) groups is 1. The topological polar surface area (TPSA) is 26.3 Å². The number of carbonyl (C=O) groups is 1. The molecule has 0 radical (unpaired) electrons. The fraction of sp³-hybridized carbons (Fsp3) is 0.588. The van der Waals surface area contributed by atoms with E-state index in [1.807, 2.05) is 30.5 Å². The predicted molar refractivity (Wildman–Crippen MR) is 84.5 cm³/mol. The quantitative estimate of drug-likeness (QED) is 0.593. The van der Waals surface area contributed by atoms with E-state index in [0.29, 0.717) is 5.92 Å². The van der Waals surface area contributed by atoms with E-state index < -0.39 is 0 Å². The van der Waals surface area contributed by atoms with Gasteiger partial charge in [0.1, 0.15) is 6.61 Å². The molecule has 1 saturated carbocycles. The van der Waals surface area contributed by atoms with Crippen molar-refractivity contribution in [3.63, 3.8) is 0 Å². The number of Topliss-reactive ketones (excluding diaryl/α,β-unsaturated/α-hetero) is 1. The molecule has 3 unspecified atom stereocenters. The monoisotopic (exact) mass is 292 g/mol. The molecule has 0 N–H and O–H groups in total. The van der Waals surface area contributed by atoms with Gasteiger partial charge in [-0.3, -0.25) is 4.79 Å². The van der Waals surface area contributed by atoms with Gasteiger partial charge in [0.25, 0.3) is 0 Å². The lowest BCUT2D eigenvalue weighted by molar-refractivity contribution is 0.00708. The van der Waals surface area contributed by atoms with Crippen LogP contribution in [0.2, 0.25) is 0 Å². The first-order valence-electron chi connectivity index (χ1n) is 7.39. The normalized spacial score (nSPS) is 26.4. The molecule has 1 fully saturated rings. The summed E-state index contributed by atoms with van der Waals surface area (Å²) in [6.07, 6.45) is 5.67. The van der Waals surface area contributed by atoms with Crippen molar-refractivity contribution in [1.29, 1.82) is 0 Å². The fourth-order valence-electron chi connectivity index (χ4n) is 2.70. The smallest absolute Gasteiger partial charge is 0.188 e. The summed E-state index contributed by atoms with van der Waals surface area (Å²) in [6, 6.07) is 7.76. The zero-order chi connectivity index (χ0) is 14.5. The van der Waals surface area contributed by atoms with Crippen molar-refractivity contribution in [2.45, 2.75) is 44.1 Å². The highest BCUT2D eigenvalue weighted by Crippen LogP contribution is 2.30. The lowest BCUT2D eigenvalue weighted by Gasteiger charge is -2.31. The molecule has 1 aromatic rings. The molecule has 3 atom stereocenters. The average Bonchev–Trinajstić information content (AvgIpc) is 2.48. The number of ether oxygens (including phenoxy) is 1. The third-order valence-electron chi connectivity index (χ3n) is 4.41. The number of ketones is 1. The van der Waals surface area contributed by atoms with Gasteiger partial charge in [0, 0.05) is 10.5 Å². The molecule has 0 amide bonds. The molecule has 1 aliphatic carbocycles. The third kappa shape index (κ3) is 4.10. The molecule has 1 aliphatic rings. The Morgan fingerprint density at radius 1 is 1.20 bits per heavy atom. The fourth-order valence-corrected chi connectivity index (χ4v) is 3.11. The summed E-state index contributed by atoms with van der Waals surface area (Å²) in [5.41, 5.74) is 0.750. The molecule has 0 spiro atoms. The molecule has 110 valence electrons. The summed E-state index contributed by atoms with van der Waals surface area (Å²) in [4.78, 5) is 13.3. The Labute approximate surface area is 126 Å². The van der Waals surface area contributed by atoms with Crippen LogP contribution in [0.4, 0.5) is 0 Å². The van der Waals surface area contributed by atoms with E-state index in [2.05, 4.69) is 13.8 Å². The standard InChI is InChI=1S/C17H24O2S/c1-12-4-7-15(10-13(12)2)19-11-17(18)14-5-8-16(20-3)9-6-14/h5-6,8-9,12-13,15H,4,7,10-11H2,1-3H3. The number of rotatable bonds is 5. The van der Waals surface area contributed by atoms with Gasteiger partial charge in [0.05, 0.1) is 6.10 Å². The van der Waals surface area contributed by atoms with Gasteiger partial charge in [-0.1, -0.05) is 26.0 Å². The summed E-state index contributed by atoms with van der Waals surface area (Å²) in [7, 11) is 0. The molecule has 0 saturated heterocycles. The number of hydrogen-bond donors (Lipinski definition) is 0. The van der Waals surface area contributed by atoms with Crippen LogP contribution in [-0.4, -0.2) is 24.7 Å². The van der Waals surface area contributed by atoms with Crippen LogP contribution in [0, 0.1) is 11.8 Å². The predicted octanol–water partition coefficient (Wildman–Crippen LogP) is 4.43. The first-order chi connectivity index (χ1) is 9.60. The van der Waals surface area contributed by atoms with Crippen molar-refractivity contribution < 1.29 is 9.53 Å². The van der Waals surface area contributed by atoms with Crippen molar-refractivity contribution in [3.8, 4) is 0 Å². The molecule has 2 rings (SSSR count). The van der Waals surface area contributed by atoms with Crippen LogP contribution in [-0.2, 0) is 4.74 Å². The van der Waals surface area contributed by atoms with Gasteiger partial charge < -0.3 is 4.74 Å². The van der Waals surface area contributed by atoms with Crippen LogP contribution in [0.3, 0.4) is 0 Å². The lowest BCUT2D eigenvalue weighted by Crippen LogP contribution is -2.28. The SMILES string of the molecule is CSc1ccc(C(=O)COC2CCC(C)C(C)C2)cc1. The van der Waals surface area contributed by atoms with Gasteiger partial charge in [0.15, 0.2) is 5.78 Å². The minimum Gasteiger partial charge on any atom is -0.370 e. The molecule has 0 aliphatic heterocycles. The maximum Gasteiger partial charge on any atom is 0.188 e. The van der Waals surface area contributed by atoms with Gasteiger partial charge >= 0.3 is 0 Å². The second kappa shape index (κ2) is 7.28. The van der Waals surface area contributed by atoms with Crippen LogP contribution in [0.25, 0.3) is 0 Å². The first kappa shape index (κ1) is 15.6. The summed E-state index contributed by atoms with van der Waals surface area (Å²) in [6.45, 7) is 4.80. The van der Waals surface area contributed by atoms with E-state index in [1.54, 1.807) is 11.8 Å². The second-order valence-corrected chi connectivity index (χ2v) is 6.73. The molecule has 0 heterocycles. The maximum atomic E-state index is 12.1. The Kier molecular flexibility index (Phi) is 5.67. The van der Waals surface area contributed by atoms with E-state index in [-0.39, 0.29) is 18.5 Å². The van der Waals surface area contributed by atoms with E-state index in [1.165, 1.54) is 11.3 Å². The van der Waals surface area contributed by atoms with Gasteiger partial charge in [-0.2, -0.15) is 0 Å². The third-order valence-corrected chi connectivity index (χ3v) is 5.16. The summed E-state index contributed by atoms with van der Waals surface area (Å²) in [5, 5.41) is 0. The van der Waals surface area contributed by atoms with Crippen LogP contribution < -0.4 is 0 Å². The molecular weight excluding hydrogens is 268 g/mol. The Hall–Kier alpha value is -0.800. The zero-order valence-electron chi connectivity index (χ0n) is 12.6. The van der Waals surface area contributed by atoms with Crippen LogP contribution in [0.5, 0.6) is 0 Å². The molecule has 20 heavy (non-hydrogen) atoms. The highest BCUT2D eigenvalue weighted by molar-refractivity contribution is 7.98. The van der Waals surface area contributed by atoms with Crippen LogP contribution >= 0.6 is 11.8 Å². The maximum absolute atomic E-state index is 12.1. The van der Waals surface area contributed by atoms with Crippen LogP contribution in [0.15, 0.2) is 29.2 Å². The minimum absolute atomic E-state index is 0.0870. The lowest BCUT2D eigenvalue weighted by atomic mass is 9.80. The number of hydrogen-bond acceptors (Lipinski definition) is 3. The van der Waals surface area contributed by atoms with Gasteiger partial charge in [-0.15, -0.1) is 11.8 Å². The second-order valence-electron chi connectivity index (χ2n) is 5.85. The van der Waals surface area contributed by atoms with Crippen molar-refractivity contribution >= 4 is 17.5 Å². The summed E-state index contributed by atoms with van der Waals surface area (Å²) < 4.78 is 5.82. The minimum atomic E-state index is 0.0870. The Bertz CT molecular complexity index is 441. The zero-order valence-corrected chi connectivity index (χ0v) is 13.4. The molecule has 1 aromatic carbocycles. The van der Waals surface area contributed by atoms with Gasteiger partial charge in [-0.05, 0) is 49.5 Å². The van der Waals surface area contributed by atoms with Crippen molar-refractivity contribution in [2.75, 3.05) is 12.9 Å². The van der Waals surface area contributed by atoms with Gasteiger partial charge in [-0.25, -0.2) is 0 Å². The molecular formula is C17H24O2S. The number of carbonyl (C=O) groups excluding carboxylic acids is 1. The average molecular weight is 292 g/mol. The first-order valence-corrected chi connectivity index (χ1v) is 8.61. The van der Waals surface area contributed by atoms with Crippen LogP contribution in [0.1, 0.15) is 43.5 Å². The number of benzene rings is 1. The summed E-state index contributed by atoms with van der Waals surface area (Å²) >= 11 is 1.68. The summed E-state index contributed by atoms with van der Waals surface area (Å²) in [5.74, 6) is 1.57. The molecule has 0 bridgehead atoms. The van der Waals surface area contributed by atoms with Crippen molar-refractivity contribution in [2.24, 2.45) is 11.8 Å². The van der Waals surface area contributed by atoms with E-state index >= 15 is 0 Å². The largest absolute Gasteiger partial charge is 0.370 e. The highest BCUT2D eigenvalue weighted by Gasteiger charge is 2.25. The highest BCUT2D eigenvalue weighted by atomic mass is 32.2. The van der Waals surface area contributed by atoms with Crippen molar-refractivity contribution in [1.82, 2.24) is 0 Å².